The van der Waals surface area contributed by atoms with Crippen LogP contribution in [0, 0.1) is 5.82 Å². The van der Waals surface area contributed by atoms with Crippen molar-refractivity contribution < 1.29 is 12.8 Å². The summed E-state index contributed by atoms with van der Waals surface area (Å²) in [4.78, 5) is 13.6. The summed E-state index contributed by atoms with van der Waals surface area (Å²) in [6.45, 7) is 4.83. The van der Waals surface area contributed by atoms with Crippen molar-refractivity contribution in [2.24, 2.45) is 0 Å². The molecule has 0 unspecified atom stereocenters. The molecule has 1 aliphatic heterocycles. The van der Waals surface area contributed by atoms with Crippen LogP contribution in [0.3, 0.4) is 0 Å². The van der Waals surface area contributed by atoms with Crippen LogP contribution in [0.25, 0.3) is 22.0 Å². The molecule has 1 saturated heterocycles. The summed E-state index contributed by atoms with van der Waals surface area (Å²) in [5, 5.41) is 1.02. The molecule has 7 nitrogen and oxygen atoms in total. The first kappa shape index (κ1) is 28.1. The Morgan fingerprint density at radius 1 is 0.857 bits per heavy atom. The van der Waals surface area contributed by atoms with E-state index in [9.17, 15) is 12.8 Å². The van der Waals surface area contributed by atoms with Crippen molar-refractivity contribution in [1.82, 2.24) is 14.9 Å². The molecule has 0 bridgehead atoms. The summed E-state index contributed by atoms with van der Waals surface area (Å²) in [5.74, 6) is -0.522. The molecule has 10 heteroatoms. The molecule has 3 aromatic carbocycles. The molecular weight excluding hydrogens is 573 g/mol. The predicted octanol–water partition coefficient (Wildman–Crippen LogP) is 6.25. The lowest BCUT2D eigenvalue weighted by Crippen LogP contribution is -2.47. The van der Waals surface area contributed by atoms with E-state index in [4.69, 9.17) is 11.6 Å². The lowest BCUT2D eigenvalue weighted by molar-refractivity contribution is 0.261. The van der Waals surface area contributed by atoms with Crippen LogP contribution < -0.4 is 9.62 Å². The number of hydrogen-bond acceptors (Lipinski definition) is 6. The molecule has 1 aliphatic rings. The number of pyridine rings is 2. The molecule has 214 valence electrons. The first-order chi connectivity index (χ1) is 20.4. The Hall–Kier alpha value is -4.05. The number of nitrogens with zero attached hydrogens (tertiary/aromatic N) is 4. The third-order valence-corrected chi connectivity index (χ3v) is 9.21. The number of aromatic nitrogens is 2. The van der Waals surface area contributed by atoms with E-state index < -0.39 is 15.8 Å². The highest BCUT2D eigenvalue weighted by atomic mass is 35.5. The van der Waals surface area contributed by atoms with Crippen molar-refractivity contribution in [3.8, 4) is 11.1 Å². The van der Waals surface area contributed by atoms with Gasteiger partial charge in [-0.25, -0.2) is 17.8 Å². The number of nitrogens with one attached hydrogen (secondary N) is 1. The Bertz CT molecular complexity index is 1810. The van der Waals surface area contributed by atoms with E-state index in [1.54, 1.807) is 12.3 Å². The van der Waals surface area contributed by atoms with Crippen LogP contribution in [-0.4, -0.2) is 56.0 Å². The number of hydrogen-bond donors (Lipinski definition) is 1. The summed E-state index contributed by atoms with van der Waals surface area (Å²) in [6, 6.07) is 24.8. The fourth-order valence-corrected chi connectivity index (χ4v) is 6.49. The van der Waals surface area contributed by atoms with E-state index in [1.165, 1.54) is 17.7 Å². The van der Waals surface area contributed by atoms with Gasteiger partial charge in [0, 0.05) is 61.8 Å². The van der Waals surface area contributed by atoms with Crippen molar-refractivity contribution in [3.05, 3.63) is 114 Å². The molecule has 0 saturated carbocycles. The normalized spacial score (nSPS) is 14.3. The molecule has 5 aromatic rings. The molecule has 0 aliphatic carbocycles. The molecule has 3 heterocycles. The van der Waals surface area contributed by atoms with E-state index in [2.05, 4.69) is 54.8 Å². The molecule has 42 heavy (non-hydrogen) atoms. The zero-order valence-corrected chi connectivity index (χ0v) is 24.3. The number of sulfonamides is 1. The predicted molar refractivity (Wildman–Crippen MR) is 166 cm³/mol. The van der Waals surface area contributed by atoms with E-state index >= 15 is 0 Å². The van der Waals surface area contributed by atoms with Crippen LogP contribution in [0.1, 0.15) is 5.56 Å². The molecule has 1 N–H and O–H groups in total. The quantitative estimate of drug-likeness (QED) is 0.212. The van der Waals surface area contributed by atoms with Crippen LogP contribution in [0.15, 0.2) is 102 Å². The number of halogens is 2. The lowest BCUT2D eigenvalue weighted by atomic mass is 10.0. The topological polar surface area (TPSA) is 78.4 Å². The summed E-state index contributed by atoms with van der Waals surface area (Å²) < 4.78 is 41.6. The number of anilines is 2. The maximum absolute atomic E-state index is 13.3. The third kappa shape index (κ3) is 6.23. The zero-order chi connectivity index (χ0) is 29.1. The second-order valence-corrected chi connectivity index (χ2v) is 12.3. The maximum Gasteiger partial charge on any atom is 0.261 e. The van der Waals surface area contributed by atoms with Crippen LogP contribution in [0.2, 0.25) is 5.15 Å². The summed E-state index contributed by atoms with van der Waals surface area (Å²) >= 11 is 6.27. The minimum absolute atomic E-state index is 0.0118. The Morgan fingerprint density at radius 2 is 1.62 bits per heavy atom. The van der Waals surface area contributed by atoms with Gasteiger partial charge in [-0.3, -0.25) is 14.6 Å². The van der Waals surface area contributed by atoms with Gasteiger partial charge >= 0.3 is 0 Å². The third-order valence-electron chi connectivity index (χ3n) is 7.53. The molecule has 2 aromatic heterocycles. The van der Waals surface area contributed by atoms with E-state index in [1.807, 2.05) is 30.5 Å². The Kier molecular flexibility index (Phi) is 8.06. The molecule has 1 fully saturated rings. The lowest BCUT2D eigenvalue weighted by Gasteiger charge is -2.36. The van der Waals surface area contributed by atoms with E-state index in [-0.39, 0.29) is 15.7 Å². The molecule has 0 atom stereocenters. The number of benzene rings is 3. The highest BCUT2D eigenvalue weighted by Crippen LogP contribution is 2.33. The number of rotatable bonds is 8. The first-order valence-electron chi connectivity index (χ1n) is 13.7. The average Bonchev–Trinajstić information content (AvgIpc) is 3.01. The van der Waals surface area contributed by atoms with Gasteiger partial charge in [-0.2, -0.15) is 0 Å². The van der Waals surface area contributed by atoms with Crippen molar-refractivity contribution in [2.45, 2.75) is 11.3 Å². The fourth-order valence-electron chi connectivity index (χ4n) is 5.23. The van der Waals surface area contributed by atoms with Gasteiger partial charge in [0.15, 0.2) is 5.15 Å². The van der Waals surface area contributed by atoms with Crippen molar-refractivity contribution in [1.29, 1.82) is 0 Å². The highest BCUT2D eigenvalue weighted by molar-refractivity contribution is 7.92. The van der Waals surface area contributed by atoms with Gasteiger partial charge in [0.2, 0.25) is 0 Å². The van der Waals surface area contributed by atoms with Crippen LogP contribution in [0.4, 0.5) is 15.8 Å². The number of piperazine rings is 1. The van der Waals surface area contributed by atoms with Gasteiger partial charge in [-0.1, -0.05) is 48.0 Å². The van der Waals surface area contributed by atoms with Gasteiger partial charge in [-0.05, 0) is 66.1 Å². The Labute approximate surface area is 249 Å². The first-order valence-corrected chi connectivity index (χ1v) is 15.6. The molecule has 0 amide bonds. The van der Waals surface area contributed by atoms with Gasteiger partial charge in [0.1, 0.15) is 5.82 Å². The van der Waals surface area contributed by atoms with E-state index in [0.29, 0.717) is 5.56 Å². The largest absolute Gasteiger partial charge is 0.368 e. The smallest absolute Gasteiger partial charge is 0.261 e. The second kappa shape index (κ2) is 12.1. The van der Waals surface area contributed by atoms with Gasteiger partial charge in [0.05, 0.1) is 16.1 Å². The standard InChI is InChI=1S/C32H29ClFN5O2S/c33-32-30(37-42(40,41)27-9-7-26(34)8-10-27)21-25(22-36-32)24-6-11-29-28(20-24)31(12-14-35-29)39-18-16-38(17-19-39)15-13-23-4-2-1-3-5-23/h1-12,14,20-22,37H,13,15-19H2. The van der Waals surface area contributed by atoms with Crippen molar-refractivity contribution in [2.75, 3.05) is 42.3 Å². The van der Waals surface area contributed by atoms with Crippen LogP contribution >= 0.6 is 11.6 Å². The fraction of sp³-hybridized carbons (Fsp3) is 0.188. The summed E-state index contributed by atoms with van der Waals surface area (Å²) in [6.07, 6.45) is 4.49. The van der Waals surface area contributed by atoms with E-state index in [0.717, 1.165) is 73.4 Å². The summed E-state index contributed by atoms with van der Waals surface area (Å²) in [5.41, 5.74) is 5.03. The molecule has 0 radical (unpaired) electrons. The maximum atomic E-state index is 13.3. The van der Waals surface area contributed by atoms with Crippen LogP contribution in [-0.2, 0) is 16.4 Å². The molecule has 0 spiro atoms. The molecule has 6 rings (SSSR count). The zero-order valence-electron chi connectivity index (χ0n) is 22.7. The van der Waals surface area contributed by atoms with Gasteiger partial charge in [0.25, 0.3) is 10.0 Å². The molecular formula is C32H29ClFN5O2S. The van der Waals surface area contributed by atoms with Crippen molar-refractivity contribution in [3.63, 3.8) is 0 Å². The van der Waals surface area contributed by atoms with Crippen molar-refractivity contribution >= 4 is 43.9 Å². The second-order valence-electron chi connectivity index (χ2n) is 10.2. The Morgan fingerprint density at radius 3 is 2.38 bits per heavy atom. The summed E-state index contributed by atoms with van der Waals surface area (Å²) in [7, 11) is -3.99. The number of fused-ring (bicyclic) bond motifs is 1. The van der Waals surface area contributed by atoms with Gasteiger partial charge < -0.3 is 4.90 Å². The SMILES string of the molecule is O=S(=O)(Nc1cc(-c2ccc3nccc(N4CCN(CCc5ccccc5)CC4)c3c2)cnc1Cl)c1ccc(F)cc1. The van der Waals surface area contributed by atoms with Gasteiger partial charge in [-0.15, -0.1) is 0 Å². The monoisotopic (exact) mass is 601 g/mol. The van der Waals surface area contributed by atoms with Crippen LogP contribution in [0.5, 0.6) is 0 Å². The minimum atomic E-state index is -3.99. The Balaban J connectivity index is 1.21. The minimum Gasteiger partial charge on any atom is -0.368 e. The highest BCUT2D eigenvalue weighted by Gasteiger charge is 2.20. The average molecular weight is 602 g/mol.